The van der Waals surface area contributed by atoms with E-state index in [0.717, 1.165) is 18.4 Å². The number of rotatable bonds is 5. The molecule has 0 saturated heterocycles. The van der Waals surface area contributed by atoms with Crippen LogP contribution in [0.2, 0.25) is 0 Å². The number of benzene rings is 2. The monoisotopic (exact) mass is 388 g/mol. The number of hydrogen-bond donors (Lipinski definition) is 0. The largest absolute Gasteiger partial charge is 0.481 e. The third-order valence-corrected chi connectivity index (χ3v) is 6.01. The molecule has 7 heteroatoms. The Labute approximate surface area is 160 Å². The number of hydrogen-bond acceptors (Lipinski definition) is 4. The number of nitrogens with zero attached hydrogens (tertiary/aromatic N) is 2. The molecule has 0 spiro atoms. The lowest BCUT2D eigenvalue weighted by molar-refractivity contribution is -0.124. The van der Waals surface area contributed by atoms with Gasteiger partial charge in [-0.15, -0.1) is 0 Å². The first kappa shape index (κ1) is 19.2. The van der Waals surface area contributed by atoms with Gasteiger partial charge in [0.05, 0.1) is 11.9 Å². The van der Waals surface area contributed by atoms with Crippen molar-refractivity contribution < 1.29 is 17.9 Å². The van der Waals surface area contributed by atoms with Gasteiger partial charge in [0.1, 0.15) is 5.75 Å². The molecular weight excluding hydrogens is 364 g/mol. The van der Waals surface area contributed by atoms with Gasteiger partial charge in [-0.1, -0.05) is 18.2 Å². The first-order valence-electron chi connectivity index (χ1n) is 8.80. The summed E-state index contributed by atoms with van der Waals surface area (Å²) in [7, 11) is -1.83. The highest BCUT2D eigenvalue weighted by atomic mass is 32.2. The number of anilines is 2. The van der Waals surface area contributed by atoms with E-state index in [1.54, 1.807) is 36.1 Å². The molecule has 0 saturated carbocycles. The predicted octanol–water partition coefficient (Wildman–Crippen LogP) is 2.83. The molecule has 1 heterocycles. The number of carbonyl (C=O) groups excluding carboxylic acids is 1. The van der Waals surface area contributed by atoms with E-state index in [4.69, 9.17) is 4.74 Å². The van der Waals surface area contributed by atoms with Crippen molar-refractivity contribution in [2.45, 2.75) is 32.4 Å². The zero-order chi connectivity index (χ0) is 19.8. The second-order valence-electron chi connectivity index (χ2n) is 6.87. The summed E-state index contributed by atoms with van der Waals surface area (Å²) in [6, 6.07) is 14.6. The molecule has 0 unspecified atom stereocenters. The topological polar surface area (TPSA) is 66.9 Å². The quantitative estimate of drug-likeness (QED) is 0.790. The molecule has 6 nitrogen and oxygen atoms in total. The van der Waals surface area contributed by atoms with E-state index < -0.39 is 16.1 Å². The second kappa shape index (κ2) is 7.23. The lowest BCUT2D eigenvalue weighted by Gasteiger charge is -2.26. The Hall–Kier alpha value is -2.54. The number of amides is 1. The van der Waals surface area contributed by atoms with Gasteiger partial charge in [0.2, 0.25) is 10.0 Å². The number of ether oxygens (including phenoxy) is 1. The molecule has 1 aliphatic rings. The van der Waals surface area contributed by atoms with Crippen molar-refractivity contribution in [2.75, 3.05) is 22.5 Å². The van der Waals surface area contributed by atoms with Gasteiger partial charge in [0, 0.05) is 18.8 Å². The van der Waals surface area contributed by atoms with E-state index in [0.29, 0.717) is 11.4 Å². The first-order valence-corrected chi connectivity index (χ1v) is 10.6. The lowest BCUT2D eigenvalue weighted by atomic mass is 10.1. The van der Waals surface area contributed by atoms with Crippen molar-refractivity contribution in [3.63, 3.8) is 0 Å². The first-order chi connectivity index (χ1) is 12.7. The van der Waals surface area contributed by atoms with Crippen molar-refractivity contribution in [1.29, 1.82) is 0 Å². The van der Waals surface area contributed by atoms with Crippen LogP contribution in [0.5, 0.6) is 5.75 Å². The second-order valence-corrected chi connectivity index (χ2v) is 8.89. The molecule has 144 valence electrons. The summed E-state index contributed by atoms with van der Waals surface area (Å²) in [6.07, 6.45) is 1.33. The highest BCUT2D eigenvalue weighted by molar-refractivity contribution is 7.92. The molecular formula is C20H24N2O4S. The maximum Gasteiger partial charge on any atom is 0.268 e. The molecule has 0 fully saturated rings. The molecule has 0 N–H and O–H groups in total. The van der Waals surface area contributed by atoms with E-state index in [-0.39, 0.29) is 11.9 Å². The Bertz CT molecular complexity index is 941. The molecule has 2 aromatic carbocycles. The van der Waals surface area contributed by atoms with Gasteiger partial charge in [0.25, 0.3) is 5.91 Å². The van der Waals surface area contributed by atoms with Crippen LogP contribution in [0.4, 0.5) is 11.4 Å². The number of carbonyl (C=O) groups is 1. The van der Waals surface area contributed by atoms with Crippen LogP contribution >= 0.6 is 0 Å². The van der Waals surface area contributed by atoms with Crippen LogP contribution in [0.25, 0.3) is 0 Å². The van der Waals surface area contributed by atoms with Gasteiger partial charge in [-0.25, -0.2) is 8.42 Å². The molecule has 27 heavy (non-hydrogen) atoms. The summed E-state index contributed by atoms with van der Waals surface area (Å²) >= 11 is 0. The fourth-order valence-corrected chi connectivity index (χ4v) is 3.78. The summed E-state index contributed by atoms with van der Waals surface area (Å²) < 4.78 is 30.2. The predicted molar refractivity (Wildman–Crippen MR) is 107 cm³/mol. The molecule has 0 bridgehead atoms. The van der Waals surface area contributed by atoms with E-state index in [1.165, 1.54) is 16.9 Å². The third kappa shape index (κ3) is 3.93. The molecule has 0 radical (unpaired) electrons. The van der Waals surface area contributed by atoms with Crippen molar-refractivity contribution >= 4 is 27.3 Å². The van der Waals surface area contributed by atoms with Crippen molar-refractivity contribution in [3.8, 4) is 5.75 Å². The summed E-state index contributed by atoms with van der Waals surface area (Å²) in [5.41, 5.74) is 2.64. The zero-order valence-corrected chi connectivity index (χ0v) is 16.7. The number of sulfonamides is 1. The summed E-state index contributed by atoms with van der Waals surface area (Å²) in [5.74, 6) is 0.423. The molecule has 1 amide bonds. The van der Waals surface area contributed by atoms with Crippen LogP contribution in [0.3, 0.4) is 0 Å². The average molecular weight is 388 g/mol. The fourth-order valence-electron chi connectivity index (χ4n) is 3.28. The Morgan fingerprint density at radius 2 is 1.81 bits per heavy atom. The molecule has 3 rings (SSSR count). The van der Waals surface area contributed by atoms with Crippen LogP contribution in [-0.4, -0.2) is 39.8 Å². The minimum atomic E-state index is -3.32. The van der Waals surface area contributed by atoms with E-state index in [9.17, 15) is 13.2 Å². The van der Waals surface area contributed by atoms with Gasteiger partial charge >= 0.3 is 0 Å². The van der Waals surface area contributed by atoms with E-state index in [2.05, 4.69) is 0 Å². The maximum absolute atomic E-state index is 12.9. The molecule has 2 aromatic rings. The minimum absolute atomic E-state index is 0.0896. The van der Waals surface area contributed by atoms with Crippen LogP contribution in [0.1, 0.15) is 19.4 Å². The van der Waals surface area contributed by atoms with Gasteiger partial charge in [-0.3, -0.25) is 9.10 Å². The maximum atomic E-state index is 12.9. The summed E-state index contributed by atoms with van der Waals surface area (Å²) in [6.45, 7) is 3.76. The average Bonchev–Trinajstić information content (AvgIpc) is 2.96. The third-order valence-electron chi connectivity index (χ3n) is 4.80. The van der Waals surface area contributed by atoms with Crippen molar-refractivity contribution in [2.24, 2.45) is 0 Å². The molecule has 0 aromatic heterocycles. The van der Waals surface area contributed by atoms with Crippen LogP contribution in [0.15, 0.2) is 48.5 Å². The highest BCUT2D eigenvalue weighted by Crippen LogP contribution is 2.32. The Balaban J connectivity index is 1.72. The summed E-state index contributed by atoms with van der Waals surface area (Å²) in [5, 5.41) is 0. The highest BCUT2D eigenvalue weighted by Gasteiger charge is 2.33. The van der Waals surface area contributed by atoms with Crippen molar-refractivity contribution in [3.05, 3.63) is 54.1 Å². The minimum Gasteiger partial charge on any atom is -0.481 e. The van der Waals surface area contributed by atoms with Gasteiger partial charge < -0.3 is 9.64 Å². The fraction of sp³-hybridized carbons (Fsp3) is 0.350. The Morgan fingerprint density at radius 1 is 1.19 bits per heavy atom. The van der Waals surface area contributed by atoms with Crippen LogP contribution < -0.4 is 13.9 Å². The number of fused-ring (bicyclic) bond motifs is 1. The SMILES string of the molecule is C[C@H](Oc1ccc(N(C)S(C)(=O)=O)cc1)C(=O)N1c2ccccc2C[C@@H]1C. The van der Waals surface area contributed by atoms with Gasteiger partial charge in [-0.05, 0) is 56.2 Å². The molecule has 2 atom stereocenters. The molecule has 0 aliphatic carbocycles. The summed E-state index contributed by atoms with van der Waals surface area (Å²) in [4.78, 5) is 14.7. The molecule has 1 aliphatic heterocycles. The van der Waals surface area contributed by atoms with Crippen LogP contribution in [0, 0.1) is 0 Å². The van der Waals surface area contributed by atoms with Gasteiger partial charge in [-0.2, -0.15) is 0 Å². The van der Waals surface area contributed by atoms with Crippen molar-refractivity contribution in [1.82, 2.24) is 0 Å². The Kier molecular flexibility index (Phi) is 5.15. The van der Waals surface area contributed by atoms with Gasteiger partial charge in [0.15, 0.2) is 6.10 Å². The lowest BCUT2D eigenvalue weighted by Crippen LogP contribution is -2.43. The number of para-hydroxylation sites is 1. The standard InChI is InChI=1S/C20H24N2O4S/c1-14-13-16-7-5-6-8-19(16)22(14)20(23)15(2)26-18-11-9-17(10-12-18)21(3)27(4,24)25/h5-12,14-15H,13H2,1-4H3/t14-,15-/m0/s1. The Morgan fingerprint density at radius 3 is 2.44 bits per heavy atom. The zero-order valence-electron chi connectivity index (χ0n) is 15.9. The normalized spacial score (nSPS) is 17.3. The van der Waals surface area contributed by atoms with E-state index >= 15 is 0 Å². The van der Waals surface area contributed by atoms with Crippen LogP contribution in [-0.2, 0) is 21.2 Å². The smallest absolute Gasteiger partial charge is 0.268 e. The van der Waals surface area contributed by atoms with E-state index in [1.807, 2.05) is 31.2 Å².